The van der Waals surface area contributed by atoms with Crippen LogP contribution in [0.3, 0.4) is 0 Å². The van der Waals surface area contributed by atoms with Crippen molar-refractivity contribution in [2.24, 2.45) is 0 Å². The van der Waals surface area contributed by atoms with Crippen LogP contribution < -0.4 is 21.7 Å². The first-order valence-electron chi connectivity index (χ1n) is 3.90. The Bertz CT molecular complexity index is 191. The zero-order chi connectivity index (χ0) is 7.94. The van der Waals surface area contributed by atoms with Gasteiger partial charge in [0, 0.05) is 0 Å². The molecule has 13 heavy (non-hydrogen) atoms. The van der Waals surface area contributed by atoms with Crippen LogP contribution in [0, 0.1) is 6.92 Å². The van der Waals surface area contributed by atoms with Crippen molar-refractivity contribution >= 4 is 0 Å². The average molecular weight is 295 g/mol. The fourth-order valence-electron chi connectivity index (χ4n) is 0.809. The molecule has 0 atom stereocenters. The number of unbranched alkanes of at least 4 members (excludes halogenated alkanes) is 1. The maximum absolute atomic E-state index is 5.41. The number of para-hydroxylation sites is 1. The Labute approximate surface area is 103 Å². The molecule has 0 aliphatic heterocycles. The molecule has 0 aliphatic rings. The third kappa shape index (κ3) is 7.21. The van der Waals surface area contributed by atoms with E-state index in [2.05, 4.69) is 6.92 Å². The van der Waals surface area contributed by atoms with Crippen LogP contribution in [-0.2, 0) is 19.5 Å². The Morgan fingerprint density at radius 2 is 1.77 bits per heavy atom. The Morgan fingerprint density at radius 1 is 1.15 bits per heavy atom. The van der Waals surface area contributed by atoms with Crippen LogP contribution in [0.1, 0.15) is 12.8 Å². The molecule has 3 heteroatoms. The minimum absolute atomic E-state index is 0. The van der Waals surface area contributed by atoms with E-state index < -0.39 is 0 Å². The first-order chi connectivity index (χ1) is 5.43. The summed E-state index contributed by atoms with van der Waals surface area (Å²) in [7, 11) is 0. The normalized spacial score (nSPS) is 8.08. The molecule has 0 saturated heterocycles. The van der Waals surface area contributed by atoms with E-state index in [1.807, 2.05) is 30.3 Å². The number of ether oxygens (including phenoxy) is 1. The molecule has 0 bridgehead atoms. The smallest absolute Gasteiger partial charge is 1.00 e. The Morgan fingerprint density at radius 3 is 2.31 bits per heavy atom. The molecule has 68 valence electrons. The van der Waals surface area contributed by atoms with Crippen molar-refractivity contribution in [2.45, 2.75) is 12.8 Å². The second-order valence-electron chi connectivity index (χ2n) is 2.37. The van der Waals surface area contributed by atoms with Gasteiger partial charge in [0.1, 0.15) is 5.75 Å². The summed E-state index contributed by atoms with van der Waals surface area (Å²) in [5.41, 5.74) is 0. The molecule has 0 radical (unpaired) electrons. The molecule has 0 aromatic heterocycles. The van der Waals surface area contributed by atoms with Crippen molar-refractivity contribution in [3.8, 4) is 5.75 Å². The van der Waals surface area contributed by atoms with Crippen LogP contribution in [0.15, 0.2) is 30.3 Å². The maximum Gasteiger partial charge on any atom is 2.00 e. The van der Waals surface area contributed by atoms with Gasteiger partial charge in [0.25, 0.3) is 0 Å². The molecule has 1 nitrogen and oxygen atoms in total. The molecule has 1 rings (SSSR count). The topological polar surface area (TPSA) is 9.23 Å². The molecule has 0 fully saturated rings. The quantitative estimate of drug-likeness (QED) is 0.420. The molecule has 1 aromatic carbocycles. The predicted octanol–water partition coefficient (Wildman–Crippen LogP) is -0.319. The van der Waals surface area contributed by atoms with Gasteiger partial charge in [0.2, 0.25) is 0 Å². The Balaban J connectivity index is 0. The van der Waals surface area contributed by atoms with Gasteiger partial charge < -0.3 is 28.6 Å². The third-order valence-electron chi connectivity index (χ3n) is 1.41. The second-order valence-corrected chi connectivity index (χ2v) is 2.37. The zero-order valence-electron chi connectivity index (χ0n) is 7.71. The molecular formula is C10H13BrOZn. The second kappa shape index (κ2) is 10.2. The van der Waals surface area contributed by atoms with Gasteiger partial charge in [-0.3, -0.25) is 0 Å². The molecule has 0 heterocycles. The minimum atomic E-state index is 0. The van der Waals surface area contributed by atoms with Crippen molar-refractivity contribution in [1.29, 1.82) is 0 Å². The van der Waals surface area contributed by atoms with Gasteiger partial charge in [0.15, 0.2) is 0 Å². The third-order valence-corrected chi connectivity index (χ3v) is 1.41. The Hall–Kier alpha value is 0.123. The summed E-state index contributed by atoms with van der Waals surface area (Å²) in [6, 6.07) is 9.85. The molecule has 0 saturated carbocycles. The number of halogens is 1. The van der Waals surface area contributed by atoms with E-state index in [0.29, 0.717) is 0 Å². The molecule has 0 amide bonds. The van der Waals surface area contributed by atoms with E-state index in [0.717, 1.165) is 25.2 Å². The summed E-state index contributed by atoms with van der Waals surface area (Å²) in [5, 5.41) is 0. The summed E-state index contributed by atoms with van der Waals surface area (Å²) in [4.78, 5) is 0. The van der Waals surface area contributed by atoms with Gasteiger partial charge in [-0.15, -0.1) is 0 Å². The van der Waals surface area contributed by atoms with Crippen molar-refractivity contribution in [3.63, 3.8) is 0 Å². The molecule has 0 aliphatic carbocycles. The fraction of sp³-hybridized carbons (Fsp3) is 0.300. The maximum atomic E-state index is 5.41. The summed E-state index contributed by atoms with van der Waals surface area (Å²) < 4.78 is 5.41. The number of benzene rings is 1. The average Bonchev–Trinajstić information content (AvgIpc) is 2.07. The summed E-state index contributed by atoms with van der Waals surface area (Å²) in [5.74, 6) is 0.945. The van der Waals surface area contributed by atoms with Crippen LogP contribution in [0.25, 0.3) is 0 Å². The first-order valence-corrected chi connectivity index (χ1v) is 3.90. The van der Waals surface area contributed by atoms with Crippen molar-refractivity contribution in [1.82, 2.24) is 0 Å². The van der Waals surface area contributed by atoms with Crippen molar-refractivity contribution < 1.29 is 41.2 Å². The van der Waals surface area contributed by atoms with Gasteiger partial charge >= 0.3 is 19.5 Å². The summed E-state index contributed by atoms with van der Waals surface area (Å²) in [6.45, 7) is 4.51. The zero-order valence-corrected chi connectivity index (χ0v) is 12.3. The van der Waals surface area contributed by atoms with Crippen molar-refractivity contribution in [3.05, 3.63) is 37.3 Å². The number of hydrogen-bond acceptors (Lipinski definition) is 1. The van der Waals surface area contributed by atoms with Gasteiger partial charge in [-0.25, -0.2) is 0 Å². The van der Waals surface area contributed by atoms with Gasteiger partial charge in [-0.05, 0) is 18.6 Å². The van der Waals surface area contributed by atoms with E-state index in [1.165, 1.54) is 0 Å². The van der Waals surface area contributed by atoms with Gasteiger partial charge in [0.05, 0.1) is 6.61 Å². The number of rotatable bonds is 4. The van der Waals surface area contributed by atoms with E-state index in [9.17, 15) is 0 Å². The fourth-order valence-corrected chi connectivity index (χ4v) is 0.809. The van der Waals surface area contributed by atoms with E-state index in [-0.39, 0.29) is 36.5 Å². The van der Waals surface area contributed by atoms with Crippen LogP contribution in [-0.4, -0.2) is 6.61 Å². The van der Waals surface area contributed by atoms with Gasteiger partial charge in [-0.1, -0.05) is 18.2 Å². The molecule has 0 spiro atoms. The largest absolute Gasteiger partial charge is 2.00 e. The standard InChI is InChI=1S/C10H13O.BrH.Zn/c1-2-3-9-11-10-7-5-4-6-8-10;;/h4-8H,1-3,9H2;1H;/q-1;;+2/p-1. The number of hydrogen-bond donors (Lipinski definition) is 0. The minimum Gasteiger partial charge on any atom is -1.00 e. The summed E-state index contributed by atoms with van der Waals surface area (Å²) in [6.07, 6.45) is 1.96. The Kier molecular flexibility index (Phi) is 12.2. The van der Waals surface area contributed by atoms with E-state index in [1.54, 1.807) is 0 Å². The molecular weight excluding hydrogens is 281 g/mol. The van der Waals surface area contributed by atoms with Crippen LogP contribution in [0.5, 0.6) is 5.75 Å². The van der Waals surface area contributed by atoms with E-state index >= 15 is 0 Å². The first kappa shape index (κ1) is 15.6. The summed E-state index contributed by atoms with van der Waals surface area (Å²) >= 11 is 0. The van der Waals surface area contributed by atoms with Gasteiger partial charge in [-0.2, -0.15) is 6.42 Å². The van der Waals surface area contributed by atoms with Crippen LogP contribution >= 0.6 is 0 Å². The van der Waals surface area contributed by atoms with Crippen LogP contribution in [0.2, 0.25) is 0 Å². The van der Waals surface area contributed by atoms with Crippen molar-refractivity contribution in [2.75, 3.05) is 6.61 Å². The monoisotopic (exact) mass is 292 g/mol. The predicted molar refractivity (Wildman–Crippen MR) is 46.5 cm³/mol. The van der Waals surface area contributed by atoms with E-state index in [4.69, 9.17) is 4.74 Å². The SMILES string of the molecule is [Br-].[CH2-]CCCOc1ccccc1.[Zn+2]. The van der Waals surface area contributed by atoms with Crippen LogP contribution in [0.4, 0.5) is 0 Å². The molecule has 1 aromatic rings. The molecule has 0 N–H and O–H groups in total. The molecule has 0 unspecified atom stereocenters.